The van der Waals surface area contributed by atoms with Gasteiger partial charge in [-0.15, -0.1) is 0 Å². The van der Waals surface area contributed by atoms with Gasteiger partial charge in [0.25, 0.3) is 0 Å². The lowest BCUT2D eigenvalue weighted by Crippen LogP contribution is -2.36. The van der Waals surface area contributed by atoms with E-state index in [0.717, 1.165) is 59.3 Å². The molecule has 3 heterocycles. The van der Waals surface area contributed by atoms with E-state index in [4.69, 9.17) is 15.5 Å². The number of benzene rings is 2. The van der Waals surface area contributed by atoms with E-state index in [1.54, 1.807) is 19.3 Å². The van der Waals surface area contributed by atoms with Gasteiger partial charge in [0.2, 0.25) is 0 Å². The van der Waals surface area contributed by atoms with E-state index in [0.29, 0.717) is 11.7 Å². The molecule has 0 bridgehead atoms. The minimum atomic E-state index is 0.494. The number of ether oxygens (including phenoxy) is 1. The third kappa shape index (κ3) is 5.72. The topological polar surface area (TPSA) is 93.1 Å². The molecule has 2 aromatic heterocycles. The van der Waals surface area contributed by atoms with Gasteiger partial charge in [-0.2, -0.15) is 0 Å². The molecule has 1 fully saturated rings. The number of aliphatic imine (C=N–C) groups is 1. The number of aromatic nitrogens is 3. The quantitative estimate of drug-likeness (QED) is 0.333. The van der Waals surface area contributed by atoms with Crippen molar-refractivity contribution in [2.75, 3.05) is 36.5 Å². The number of imidazole rings is 1. The molecule has 4 aromatic rings. The average Bonchev–Trinajstić information content (AvgIpc) is 3.39. The van der Waals surface area contributed by atoms with Crippen molar-refractivity contribution in [3.05, 3.63) is 71.5 Å². The van der Waals surface area contributed by atoms with Crippen LogP contribution in [-0.2, 0) is 4.74 Å². The van der Waals surface area contributed by atoms with E-state index >= 15 is 0 Å². The van der Waals surface area contributed by atoms with Gasteiger partial charge in [0.05, 0.1) is 24.7 Å². The van der Waals surface area contributed by atoms with Gasteiger partial charge in [-0.05, 0) is 42.5 Å². The van der Waals surface area contributed by atoms with Crippen LogP contribution in [0, 0.1) is 0 Å². The molecule has 5 rings (SSSR count). The van der Waals surface area contributed by atoms with Crippen molar-refractivity contribution < 1.29 is 4.74 Å². The summed E-state index contributed by atoms with van der Waals surface area (Å²) in [6.07, 6.45) is 7.38. The second kappa shape index (κ2) is 11.5. The van der Waals surface area contributed by atoms with Crippen LogP contribution in [0.3, 0.4) is 0 Å². The van der Waals surface area contributed by atoms with Crippen molar-refractivity contribution in [2.45, 2.75) is 20.8 Å². The lowest BCUT2D eigenvalue weighted by Gasteiger charge is -2.28. The van der Waals surface area contributed by atoms with Crippen LogP contribution in [0.4, 0.5) is 17.2 Å². The average molecular weight is 484 g/mol. The number of hydrogen-bond donors (Lipinski definition) is 2. The Bertz CT molecular complexity index is 1450. The van der Waals surface area contributed by atoms with Crippen molar-refractivity contribution >= 4 is 41.5 Å². The molecular weight excluding hydrogens is 450 g/mol. The number of anilines is 3. The fourth-order valence-corrected chi connectivity index (χ4v) is 3.91. The predicted octanol–water partition coefficient (Wildman–Crippen LogP) is 3.53. The van der Waals surface area contributed by atoms with Crippen LogP contribution in [0.25, 0.3) is 29.7 Å². The Morgan fingerprint density at radius 2 is 1.89 bits per heavy atom. The van der Waals surface area contributed by atoms with E-state index in [2.05, 4.69) is 51.0 Å². The normalized spacial score (nSPS) is 14.5. The lowest BCUT2D eigenvalue weighted by molar-refractivity contribution is 0.122. The van der Waals surface area contributed by atoms with E-state index in [1.807, 2.05) is 48.8 Å². The molecule has 1 aliphatic rings. The van der Waals surface area contributed by atoms with Crippen LogP contribution in [0.5, 0.6) is 0 Å². The Balaban J connectivity index is 0.00000148. The molecule has 8 heteroatoms. The number of amidine groups is 1. The van der Waals surface area contributed by atoms with Gasteiger partial charge in [0.15, 0.2) is 11.5 Å². The summed E-state index contributed by atoms with van der Waals surface area (Å²) < 4.78 is 7.42. The van der Waals surface area contributed by atoms with Crippen LogP contribution in [-0.4, -0.2) is 46.5 Å². The van der Waals surface area contributed by atoms with Gasteiger partial charge < -0.3 is 25.1 Å². The fourth-order valence-electron chi connectivity index (χ4n) is 3.91. The highest BCUT2D eigenvalue weighted by molar-refractivity contribution is 5.80. The standard InChI is InChI=1S/C26H27N7O.C2H6/c1-18-3-4-20(15-21(18)16-29-19(2)27)24-17-33-10-9-28-26(33)25(31-24)30-22-5-7-23(8-6-22)32-11-13-34-14-12-32;1-2/h3-10,15-17H,1,11-14H2,2H3,(H2,27,29)(H,30,31);1-2H3/b21-16-;. The molecule has 0 radical (unpaired) electrons. The number of nitrogens with one attached hydrogen (secondary N) is 1. The van der Waals surface area contributed by atoms with Gasteiger partial charge >= 0.3 is 0 Å². The summed E-state index contributed by atoms with van der Waals surface area (Å²) in [5.74, 6) is 1.18. The molecule has 1 aliphatic heterocycles. The summed E-state index contributed by atoms with van der Waals surface area (Å²) in [6.45, 7) is 13.2. The molecule has 3 N–H and O–H groups in total. The van der Waals surface area contributed by atoms with Crippen molar-refractivity contribution in [3.8, 4) is 11.3 Å². The minimum Gasteiger partial charge on any atom is -0.387 e. The van der Waals surface area contributed by atoms with E-state index < -0.39 is 0 Å². The number of hydrogen-bond acceptors (Lipinski definition) is 6. The summed E-state index contributed by atoms with van der Waals surface area (Å²) in [7, 11) is 0. The first kappa shape index (κ1) is 24.9. The Hall–Kier alpha value is -4.17. The smallest absolute Gasteiger partial charge is 0.180 e. The number of nitrogens with two attached hydrogens (primary N) is 1. The Morgan fingerprint density at radius 3 is 2.61 bits per heavy atom. The highest BCUT2D eigenvalue weighted by Crippen LogP contribution is 2.25. The maximum absolute atomic E-state index is 5.69. The molecule has 1 saturated heterocycles. The molecular formula is C28H33N7O. The summed E-state index contributed by atoms with van der Waals surface area (Å²) in [4.78, 5) is 15.9. The molecule has 0 saturated carbocycles. The number of fused-ring (bicyclic) bond motifs is 1. The Kier molecular flexibility index (Phi) is 7.97. The van der Waals surface area contributed by atoms with E-state index in [1.165, 1.54) is 5.69 Å². The third-order valence-corrected chi connectivity index (χ3v) is 5.73. The van der Waals surface area contributed by atoms with Crippen LogP contribution in [0.2, 0.25) is 0 Å². The van der Waals surface area contributed by atoms with Gasteiger partial charge in [0, 0.05) is 60.0 Å². The second-order valence-electron chi connectivity index (χ2n) is 8.22. The van der Waals surface area contributed by atoms with E-state index in [9.17, 15) is 0 Å². The second-order valence-corrected chi connectivity index (χ2v) is 8.22. The lowest BCUT2D eigenvalue weighted by atomic mass is 10.1. The predicted molar refractivity (Wildman–Crippen MR) is 149 cm³/mol. The number of morpholine rings is 1. The summed E-state index contributed by atoms with van der Waals surface area (Å²) in [5.41, 5.74) is 10.3. The van der Waals surface area contributed by atoms with Crippen molar-refractivity contribution in [3.63, 3.8) is 0 Å². The van der Waals surface area contributed by atoms with Crippen LogP contribution < -0.4 is 26.4 Å². The molecule has 2 aromatic carbocycles. The van der Waals surface area contributed by atoms with Crippen molar-refractivity contribution in [1.82, 2.24) is 14.4 Å². The fraction of sp³-hybridized carbons (Fsp3) is 0.250. The molecule has 0 unspecified atom stereocenters. The zero-order valence-corrected chi connectivity index (χ0v) is 21.1. The first-order valence-electron chi connectivity index (χ1n) is 12.2. The molecule has 8 nitrogen and oxygen atoms in total. The molecule has 0 atom stereocenters. The summed E-state index contributed by atoms with van der Waals surface area (Å²) in [5, 5.41) is 5.21. The highest BCUT2D eigenvalue weighted by atomic mass is 16.5. The van der Waals surface area contributed by atoms with Gasteiger partial charge in [-0.1, -0.05) is 32.6 Å². The number of nitrogens with zero attached hydrogens (tertiary/aromatic N) is 5. The van der Waals surface area contributed by atoms with E-state index in [-0.39, 0.29) is 0 Å². The molecule has 0 aliphatic carbocycles. The molecule has 0 spiro atoms. The zero-order chi connectivity index (χ0) is 25.5. The van der Waals surface area contributed by atoms with Crippen LogP contribution in [0.15, 0.2) is 66.0 Å². The minimum absolute atomic E-state index is 0.494. The van der Waals surface area contributed by atoms with Crippen LogP contribution >= 0.6 is 0 Å². The maximum Gasteiger partial charge on any atom is 0.180 e. The zero-order valence-electron chi connectivity index (χ0n) is 21.1. The van der Waals surface area contributed by atoms with Crippen molar-refractivity contribution in [2.24, 2.45) is 10.7 Å². The molecule has 0 amide bonds. The van der Waals surface area contributed by atoms with Crippen molar-refractivity contribution in [1.29, 1.82) is 0 Å². The largest absolute Gasteiger partial charge is 0.387 e. The molecule has 36 heavy (non-hydrogen) atoms. The Labute approximate surface area is 211 Å². The van der Waals surface area contributed by atoms with Gasteiger partial charge in [-0.25, -0.2) is 15.0 Å². The third-order valence-electron chi connectivity index (χ3n) is 5.73. The monoisotopic (exact) mass is 483 g/mol. The highest BCUT2D eigenvalue weighted by Gasteiger charge is 2.12. The number of rotatable bonds is 5. The molecule has 186 valence electrons. The summed E-state index contributed by atoms with van der Waals surface area (Å²) >= 11 is 0. The van der Waals surface area contributed by atoms with Gasteiger partial charge in [0.1, 0.15) is 0 Å². The first-order chi connectivity index (χ1) is 17.6. The van der Waals surface area contributed by atoms with Crippen LogP contribution in [0.1, 0.15) is 20.8 Å². The first-order valence-corrected chi connectivity index (χ1v) is 12.2. The maximum atomic E-state index is 5.69. The SMILES string of the molecule is C=c1ccc(-c2cn3ccnc3c(Nc3ccc(N4CCOCC4)cc3)n2)c/c1=C/N=C(C)N.CC. The van der Waals surface area contributed by atoms with Gasteiger partial charge in [-0.3, -0.25) is 0 Å². The summed E-state index contributed by atoms with van der Waals surface area (Å²) in [6, 6.07) is 14.3. The Morgan fingerprint density at radius 1 is 1.14 bits per heavy atom.